The first-order valence-corrected chi connectivity index (χ1v) is 15.2. The number of nitrogens with two attached hydrogens (primary N) is 1. The van der Waals surface area contributed by atoms with E-state index >= 15 is 0 Å². The van der Waals surface area contributed by atoms with E-state index in [-0.39, 0.29) is 42.5 Å². The lowest BCUT2D eigenvalue weighted by Crippen LogP contribution is -2.42. The smallest absolute Gasteiger partial charge is 0.321 e. The molecular formula is C26H32N6O7S2. The summed E-state index contributed by atoms with van der Waals surface area (Å²) in [6, 6.07) is 11.1. The van der Waals surface area contributed by atoms with Crippen LogP contribution in [0.5, 0.6) is 11.5 Å². The molecule has 41 heavy (non-hydrogen) atoms. The first kappa shape index (κ1) is 30.3. The largest absolute Gasteiger partial charge is 0.491 e. The molecule has 0 spiro atoms. The van der Waals surface area contributed by atoms with Crippen molar-refractivity contribution in [2.45, 2.75) is 43.3 Å². The molecule has 0 aliphatic heterocycles. The quantitative estimate of drug-likeness (QED) is 0.155. The van der Waals surface area contributed by atoms with Gasteiger partial charge in [-0.25, -0.2) is 23.2 Å². The summed E-state index contributed by atoms with van der Waals surface area (Å²) in [5, 5.41) is 35.5. The molecule has 13 nitrogen and oxygen atoms in total. The van der Waals surface area contributed by atoms with E-state index in [1.165, 1.54) is 0 Å². The van der Waals surface area contributed by atoms with Crippen molar-refractivity contribution >= 4 is 37.5 Å². The van der Waals surface area contributed by atoms with Crippen LogP contribution in [0.3, 0.4) is 0 Å². The molecule has 0 aliphatic carbocycles. The predicted molar refractivity (Wildman–Crippen MR) is 151 cm³/mol. The fourth-order valence-corrected chi connectivity index (χ4v) is 5.74. The molecule has 15 heteroatoms. The van der Waals surface area contributed by atoms with E-state index in [1.54, 1.807) is 53.3 Å². The number of benzene rings is 2. The highest BCUT2D eigenvalue weighted by molar-refractivity contribution is 7.91. The molecule has 4 rings (SSSR count). The van der Waals surface area contributed by atoms with Gasteiger partial charge in [0.05, 0.1) is 29.1 Å². The van der Waals surface area contributed by atoms with E-state index < -0.39 is 22.0 Å². The van der Waals surface area contributed by atoms with E-state index in [4.69, 9.17) is 19.7 Å². The summed E-state index contributed by atoms with van der Waals surface area (Å²) in [6.07, 6.45) is 2.04. The number of rotatable bonds is 15. The number of carboxylic acid groups (broad SMARTS) is 1. The second-order valence-corrected chi connectivity index (χ2v) is 12.4. The van der Waals surface area contributed by atoms with Gasteiger partial charge in [0.15, 0.2) is 0 Å². The highest BCUT2D eigenvalue weighted by atomic mass is 32.2. The third kappa shape index (κ3) is 8.20. The Morgan fingerprint density at radius 3 is 2.54 bits per heavy atom. The van der Waals surface area contributed by atoms with Crippen LogP contribution in [0.15, 0.2) is 53.0 Å². The van der Waals surface area contributed by atoms with Crippen LogP contribution >= 0.6 is 11.3 Å². The summed E-state index contributed by atoms with van der Waals surface area (Å²) < 4.78 is 36.5. The zero-order valence-corrected chi connectivity index (χ0v) is 24.1. The van der Waals surface area contributed by atoms with E-state index in [0.717, 1.165) is 16.9 Å². The molecular weight excluding hydrogens is 572 g/mol. The third-order valence-electron chi connectivity index (χ3n) is 6.23. The molecule has 0 amide bonds. The first-order valence-electron chi connectivity index (χ1n) is 12.8. The zero-order valence-electron chi connectivity index (χ0n) is 22.5. The van der Waals surface area contributed by atoms with Gasteiger partial charge < -0.3 is 25.0 Å². The topological polar surface area (TPSA) is 192 Å². The molecule has 0 unspecified atom stereocenters. The van der Waals surface area contributed by atoms with Gasteiger partial charge in [0.25, 0.3) is 10.0 Å². The second kappa shape index (κ2) is 13.4. The maximum absolute atomic E-state index is 12.0. The fourth-order valence-electron chi connectivity index (χ4n) is 4.06. The van der Waals surface area contributed by atoms with Crippen LogP contribution in [0, 0.1) is 5.92 Å². The molecule has 2 atom stereocenters. The lowest BCUT2D eigenvalue weighted by molar-refractivity contribution is -0.139. The summed E-state index contributed by atoms with van der Waals surface area (Å²) in [6.45, 7) is 4.62. The van der Waals surface area contributed by atoms with E-state index in [1.807, 2.05) is 13.8 Å². The van der Waals surface area contributed by atoms with Crippen molar-refractivity contribution < 1.29 is 32.9 Å². The minimum Gasteiger partial charge on any atom is -0.491 e. The van der Waals surface area contributed by atoms with Crippen molar-refractivity contribution in [1.82, 2.24) is 25.3 Å². The first-order chi connectivity index (χ1) is 19.5. The zero-order chi connectivity index (χ0) is 29.6. The number of carboxylic acids is 1. The second-order valence-electron chi connectivity index (χ2n) is 9.66. The average molecular weight is 605 g/mol. The lowest BCUT2D eigenvalue weighted by Gasteiger charge is -2.24. The SMILES string of the molecule is CC(C)[C@H](CN[C@@H](Cc1ccc(OCCO)cc1)C(=O)O)n1cc(COc2ccc3nc(S(N)(=O)=O)sc3c2)nn1. The molecule has 4 aromatic rings. The molecule has 0 bridgehead atoms. The van der Waals surface area contributed by atoms with Crippen LogP contribution < -0.4 is 19.9 Å². The van der Waals surface area contributed by atoms with Crippen molar-refractivity contribution in [2.24, 2.45) is 11.1 Å². The molecule has 2 aromatic heterocycles. The Kier molecular flexibility index (Phi) is 9.88. The van der Waals surface area contributed by atoms with Crippen LogP contribution in [0.25, 0.3) is 10.2 Å². The molecule has 0 saturated carbocycles. The van der Waals surface area contributed by atoms with Gasteiger partial charge in [-0.3, -0.25) is 4.79 Å². The molecule has 0 radical (unpaired) electrons. The van der Waals surface area contributed by atoms with Crippen LogP contribution in [0.2, 0.25) is 0 Å². The number of hydrogen-bond donors (Lipinski definition) is 4. The van der Waals surface area contributed by atoms with Crippen molar-refractivity contribution in [3.05, 3.63) is 59.9 Å². The number of carbonyl (C=O) groups is 1. The average Bonchev–Trinajstić information content (AvgIpc) is 3.57. The summed E-state index contributed by atoms with van der Waals surface area (Å²) in [4.78, 5) is 16.0. The number of nitrogens with zero attached hydrogens (tertiary/aromatic N) is 4. The number of nitrogens with one attached hydrogen (secondary N) is 1. The Bertz CT molecular complexity index is 1570. The molecule has 5 N–H and O–H groups in total. The Balaban J connectivity index is 1.36. The number of aliphatic hydroxyl groups is 1. The molecule has 0 fully saturated rings. The van der Waals surface area contributed by atoms with Gasteiger partial charge in [-0.15, -0.1) is 16.4 Å². The predicted octanol–water partition coefficient (Wildman–Crippen LogP) is 1.97. The van der Waals surface area contributed by atoms with Gasteiger partial charge >= 0.3 is 5.97 Å². The monoisotopic (exact) mass is 604 g/mol. The summed E-state index contributed by atoms with van der Waals surface area (Å²) in [7, 11) is -3.88. The third-order valence-corrected chi connectivity index (χ3v) is 8.57. The molecule has 0 aliphatic rings. The molecule has 0 saturated heterocycles. The number of fused-ring (bicyclic) bond motifs is 1. The normalized spacial score (nSPS) is 13.4. The van der Waals surface area contributed by atoms with Crippen LogP contribution in [0.4, 0.5) is 0 Å². The number of thiazole rings is 1. The summed E-state index contributed by atoms with van der Waals surface area (Å²) in [5.74, 6) is 0.275. The lowest BCUT2D eigenvalue weighted by atomic mass is 10.0. The van der Waals surface area contributed by atoms with Gasteiger partial charge in [0.2, 0.25) is 4.34 Å². The Morgan fingerprint density at radius 1 is 1.15 bits per heavy atom. The number of aliphatic hydroxyl groups excluding tert-OH is 1. The number of hydrogen-bond acceptors (Lipinski definition) is 11. The highest BCUT2D eigenvalue weighted by Gasteiger charge is 2.23. The number of aliphatic carboxylic acids is 1. The molecule has 220 valence electrons. The van der Waals surface area contributed by atoms with E-state index in [0.29, 0.717) is 34.0 Å². The fraction of sp³-hybridized carbons (Fsp3) is 0.385. The van der Waals surface area contributed by atoms with Crippen molar-refractivity contribution in [3.8, 4) is 11.5 Å². The minimum absolute atomic E-state index is 0.0834. The van der Waals surface area contributed by atoms with Gasteiger partial charge in [-0.2, -0.15) is 0 Å². The standard InChI is InChI=1S/C26H32N6O7S2/c1-16(2)23(13-28-22(25(34)35)11-17-3-5-19(6-4-17)38-10-9-33)32-14-18(30-31-32)15-39-20-7-8-21-24(12-20)40-26(29-21)41(27,36)37/h3-8,12,14,16,22-23,28,33H,9-11,13,15H2,1-2H3,(H,34,35)(H2,27,36,37)/t22-,23-/m0/s1. The maximum atomic E-state index is 12.0. The van der Waals surface area contributed by atoms with Crippen LogP contribution in [0.1, 0.15) is 31.1 Å². The number of sulfonamides is 1. The number of primary sulfonamides is 1. The number of ether oxygens (including phenoxy) is 2. The Labute approximate surface area is 241 Å². The summed E-state index contributed by atoms with van der Waals surface area (Å²) >= 11 is 0.966. The van der Waals surface area contributed by atoms with E-state index in [2.05, 4.69) is 20.6 Å². The molecule has 2 heterocycles. The molecule has 2 aromatic carbocycles. The van der Waals surface area contributed by atoms with Gasteiger partial charge in [-0.05, 0) is 48.2 Å². The van der Waals surface area contributed by atoms with Gasteiger partial charge in [-0.1, -0.05) is 31.2 Å². The highest BCUT2D eigenvalue weighted by Crippen LogP contribution is 2.28. The van der Waals surface area contributed by atoms with Gasteiger partial charge in [0.1, 0.15) is 36.4 Å². The Morgan fingerprint density at radius 2 is 1.88 bits per heavy atom. The van der Waals surface area contributed by atoms with Crippen molar-refractivity contribution in [3.63, 3.8) is 0 Å². The summed E-state index contributed by atoms with van der Waals surface area (Å²) in [5.41, 5.74) is 1.91. The van der Waals surface area contributed by atoms with Crippen LogP contribution in [-0.2, 0) is 27.8 Å². The van der Waals surface area contributed by atoms with E-state index in [9.17, 15) is 18.3 Å². The van der Waals surface area contributed by atoms with Crippen LogP contribution in [-0.4, -0.2) is 70.4 Å². The van der Waals surface area contributed by atoms with Crippen molar-refractivity contribution in [2.75, 3.05) is 19.8 Å². The maximum Gasteiger partial charge on any atom is 0.321 e. The number of aromatic nitrogens is 4. The minimum atomic E-state index is -3.88. The van der Waals surface area contributed by atoms with Crippen molar-refractivity contribution in [1.29, 1.82) is 0 Å². The van der Waals surface area contributed by atoms with Gasteiger partial charge in [0, 0.05) is 6.54 Å². The Hall–Kier alpha value is -3.63.